The van der Waals surface area contributed by atoms with E-state index in [2.05, 4.69) is 41.2 Å². The Morgan fingerprint density at radius 1 is 1.15 bits per heavy atom. The van der Waals surface area contributed by atoms with Crippen LogP contribution < -0.4 is 5.56 Å². The first-order valence-electron chi connectivity index (χ1n) is 9.42. The van der Waals surface area contributed by atoms with Crippen LogP contribution in [0.3, 0.4) is 0 Å². The van der Waals surface area contributed by atoms with Gasteiger partial charge in [0.25, 0.3) is 5.56 Å². The summed E-state index contributed by atoms with van der Waals surface area (Å²) in [7, 11) is 0. The molecule has 2 aromatic rings. The summed E-state index contributed by atoms with van der Waals surface area (Å²) in [5.74, 6) is 1.19. The van der Waals surface area contributed by atoms with Crippen molar-refractivity contribution in [1.29, 1.82) is 0 Å². The van der Waals surface area contributed by atoms with E-state index in [4.69, 9.17) is 0 Å². The van der Waals surface area contributed by atoms with Gasteiger partial charge in [0.2, 0.25) is 5.91 Å². The highest BCUT2D eigenvalue weighted by Gasteiger charge is 2.53. The van der Waals surface area contributed by atoms with Crippen LogP contribution in [0.25, 0.3) is 0 Å². The second-order valence-corrected chi connectivity index (χ2v) is 7.77. The first-order valence-corrected chi connectivity index (χ1v) is 9.42. The Labute approximate surface area is 153 Å². The van der Waals surface area contributed by atoms with Crippen LogP contribution in [0.2, 0.25) is 0 Å². The summed E-state index contributed by atoms with van der Waals surface area (Å²) in [6, 6.07) is 10.0. The lowest BCUT2D eigenvalue weighted by molar-refractivity contribution is -0.135. The number of nitrogens with one attached hydrogen (secondary N) is 1. The number of hydrogen-bond acceptors (Lipinski definition) is 3. The van der Waals surface area contributed by atoms with E-state index >= 15 is 0 Å². The molecule has 0 atom stereocenters. The van der Waals surface area contributed by atoms with Crippen LogP contribution in [0.1, 0.15) is 54.2 Å². The van der Waals surface area contributed by atoms with Gasteiger partial charge in [-0.1, -0.05) is 29.8 Å². The van der Waals surface area contributed by atoms with Crippen molar-refractivity contribution in [3.63, 3.8) is 0 Å². The smallest absolute Gasteiger partial charge is 0.251 e. The molecule has 0 bridgehead atoms. The summed E-state index contributed by atoms with van der Waals surface area (Å²) in [6.45, 7) is 5.36. The quantitative estimate of drug-likeness (QED) is 0.925. The van der Waals surface area contributed by atoms with Crippen molar-refractivity contribution >= 4 is 5.91 Å². The highest BCUT2D eigenvalue weighted by atomic mass is 16.2. The lowest BCUT2D eigenvalue weighted by atomic mass is 9.89. The minimum atomic E-state index is -0.292. The third kappa shape index (κ3) is 3.06. The normalized spacial score (nSPS) is 19.4. The van der Waals surface area contributed by atoms with Crippen molar-refractivity contribution in [2.75, 3.05) is 13.1 Å². The maximum absolute atomic E-state index is 13.2. The number of benzene rings is 1. The molecule has 1 aliphatic carbocycles. The molecule has 1 saturated heterocycles. The predicted octanol–water partition coefficient (Wildman–Crippen LogP) is 2.82. The standard InChI is InChI=1S/C21H25N3O2/c1-14-3-5-17(6-4-14)21(9-10-21)20(26)24-11-7-16(8-12-24)18-13-19(25)23-15(2)22-18/h3-6,13,16H,7-12H2,1-2H3,(H,22,23,25). The van der Waals surface area contributed by atoms with E-state index < -0.39 is 0 Å². The Bertz CT molecular complexity index is 873. The zero-order chi connectivity index (χ0) is 18.3. The molecule has 26 heavy (non-hydrogen) atoms. The fourth-order valence-corrected chi connectivity index (χ4v) is 4.12. The van der Waals surface area contributed by atoms with E-state index in [1.165, 1.54) is 5.56 Å². The van der Waals surface area contributed by atoms with E-state index in [9.17, 15) is 9.59 Å². The second-order valence-electron chi connectivity index (χ2n) is 7.77. The van der Waals surface area contributed by atoms with Gasteiger partial charge in [0.05, 0.1) is 11.1 Å². The minimum absolute atomic E-state index is 0.0951. The topological polar surface area (TPSA) is 66.1 Å². The molecule has 0 unspecified atom stereocenters. The fourth-order valence-electron chi connectivity index (χ4n) is 4.12. The highest BCUT2D eigenvalue weighted by Crippen LogP contribution is 2.50. The third-order valence-electron chi connectivity index (χ3n) is 5.84. The molecule has 4 rings (SSSR count). The van der Waals surface area contributed by atoms with E-state index in [-0.39, 0.29) is 22.8 Å². The molecule has 2 fully saturated rings. The summed E-state index contributed by atoms with van der Waals surface area (Å²) < 4.78 is 0. The van der Waals surface area contributed by atoms with Gasteiger partial charge in [-0.25, -0.2) is 4.98 Å². The molecule has 5 heteroatoms. The molecule has 1 saturated carbocycles. The summed E-state index contributed by atoms with van der Waals surface area (Å²) >= 11 is 0. The summed E-state index contributed by atoms with van der Waals surface area (Å²) in [5.41, 5.74) is 2.85. The number of rotatable bonds is 3. The second kappa shape index (κ2) is 6.38. The van der Waals surface area contributed by atoms with Crippen LogP contribution in [-0.2, 0) is 10.2 Å². The Hall–Kier alpha value is -2.43. The maximum Gasteiger partial charge on any atom is 0.251 e. The molecule has 5 nitrogen and oxygen atoms in total. The maximum atomic E-state index is 13.2. The summed E-state index contributed by atoms with van der Waals surface area (Å²) in [6.07, 6.45) is 3.63. The Morgan fingerprint density at radius 2 is 1.81 bits per heavy atom. The van der Waals surface area contributed by atoms with Crippen molar-refractivity contribution < 1.29 is 4.79 Å². The minimum Gasteiger partial charge on any atom is -0.342 e. The zero-order valence-corrected chi connectivity index (χ0v) is 15.4. The molecule has 1 aromatic heterocycles. The summed E-state index contributed by atoms with van der Waals surface area (Å²) in [5, 5.41) is 0. The average molecular weight is 351 g/mol. The molecule has 0 radical (unpaired) electrons. The van der Waals surface area contributed by atoms with Gasteiger partial charge in [-0.05, 0) is 45.1 Å². The van der Waals surface area contributed by atoms with E-state index in [1.54, 1.807) is 6.07 Å². The van der Waals surface area contributed by atoms with Gasteiger partial charge in [0.15, 0.2) is 0 Å². The molecule has 1 aromatic carbocycles. The van der Waals surface area contributed by atoms with E-state index in [1.807, 2.05) is 11.8 Å². The van der Waals surface area contributed by atoms with Crippen LogP contribution in [-0.4, -0.2) is 33.9 Å². The number of likely N-dealkylation sites (tertiary alicyclic amines) is 1. The lowest BCUT2D eigenvalue weighted by Crippen LogP contribution is -2.43. The molecule has 0 spiro atoms. The molecular weight excluding hydrogens is 326 g/mol. The van der Waals surface area contributed by atoms with Crippen LogP contribution in [0.15, 0.2) is 35.1 Å². The number of hydrogen-bond donors (Lipinski definition) is 1. The molecule has 2 aliphatic rings. The van der Waals surface area contributed by atoms with Crippen LogP contribution in [0.5, 0.6) is 0 Å². The SMILES string of the molecule is Cc1ccc(C2(C(=O)N3CCC(c4cc(=O)[nH]c(C)n4)CC3)CC2)cc1. The number of amides is 1. The number of piperidine rings is 1. The van der Waals surface area contributed by atoms with E-state index in [0.29, 0.717) is 5.82 Å². The number of H-pyrrole nitrogens is 1. The van der Waals surface area contributed by atoms with E-state index in [0.717, 1.165) is 50.0 Å². The van der Waals surface area contributed by atoms with Gasteiger partial charge >= 0.3 is 0 Å². The van der Waals surface area contributed by atoms with Crippen LogP contribution in [0, 0.1) is 13.8 Å². The van der Waals surface area contributed by atoms with Crippen molar-refractivity contribution in [2.45, 2.75) is 50.9 Å². The lowest BCUT2D eigenvalue weighted by Gasteiger charge is -2.34. The van der Waals surface area contributed by atoms with Gasteiger partial charge in [-0.3, -0.25) is 9.59 Å². The molecule has 136 valence electrons. The monoisotopic (exact) mass is 351 g/mol. The number of aryl methyl sites for hydroxylation is 2. The molecular formula is C21H25N3O2. The number of carbonyl (C=O) groups excluding carboxylic acids is 1. The number of carbonyl (C=O) groups is 1. The fraction of sp³-hybridized carbons (Fsp3) is 0.476. The molecule has 1 amide bonds. The van der Waals surface area contributed by atoms with Crippen molar-refractivity contribution in [1.82, 2.24) is 14.9 Å². The van der Waals surface area contributed by atoms with Crippen molar-refractivity contribution in [3.05, 3.63) is 63.3 Å². The Balaban J connectivity index is 1.45. The van der Waals surface area contributed by atoms with Crippen LogP contribution >= 0.6 is 0 Å². The molecule has 2 heterocycles. The van der Waals surface area contributed by atoms with Gasteiger partial charge in [0.1, 0.15) is 5.82 Å². The Morgan fingerprint density at radius 3 is 2.38 bits per heavy atom. The number of nitrogens with zero attached hydrogens (tertiary/aromatic N) is 2. The van der Waals surface area contributed by atoms with Gasteiger partial charge in [-0.2, -0.15) is 0 Å². The largest absolute Gasteiger partial charge is 0.342 e. The number of aromatic nitrogens is 2. The van der Waals surface area contributed by atoms with Gasteiger partial charge in [-0.15, -0.1) is 0 Å². The van der Waals surface area contributed by atoms with Gasteiger partial charge in [0, 0.05) is 25.1 Å². The first-order chi connectivity index (χ1) is 12.5. The molecule has 1 aliphatic heterocycles. The number of aromatic amines is 1. The van der Waals surface area contributed by atoms with Crippen molar-refractivity contribution in [3.8, 4) is 0 Å². The third-order valence-corrected chi connectivity index (χ3v) is 5.84. The highest BCUT2D eigenvalue weighted by molar-refractivity contribution is 5.91. The van der Waals surface area contributed by atoms with Crippen molar-refractivity contribution in [2.24, 2.45) is 0 Å². The average Bonchev–Trinajstić information content (AvgIpc) is 3.43. The first kappa shape index (κ1) is 17.0. The van der Waals surface area contributed by atoms with Gasteiger partial charge < -0.3 is 9.88 Å². The van der Waals surface area contributed by atoms with Crippen LogP contribution in [0.4, 0.5) is 0 Å². The summed E-state index contributed by atoms with van der Waals surface area (Å²) in [4.78, 5) is 34.1. The molecule has 1 N–H and O–H groups in total. The Kier molecular flexibility index (Phi) is 4.17. The predicted molar refractivity (Wildman–Crippen MR) is 100 cm³/mol. The zero-order valence-electron chi connectivity index (χ0n) is 15.4.